The quantitative estimate of drug-likeness (QED) is 0.444. The molecule has 31 heavy (non-hydrogen) atoms. The second-order valence-electron chi connectivity index (χ2n) is 7.46. The highest BCUT2D eigenvalue weighted by atomic mass is 35.5. The lowest BCUT2D eigenvalue weighted by Gasteiger charge is -2.40. The zero-order chi connectivity index (χ0) is 22.0. The molecule has 5 rings (SSSR count). The molecule has 2 heterocycles. The first-order valence-corrected chi connectivity index (χ1v) is 10.9. The number of carbonyl (C=O) groups excluding carboxylic acids is 2. The molecule has 0 aliphatic carbocycles. The monoisotopic (exact) mass is 472 g/mol. The fourth-order valence-electron chi connectivity index (χ4n) is 4.15. The van der Waals surface area contributed by atoms with Gasteiger partial charge in [0.15, 0.2) is 0 Å². The van der Waals surface area contributed by atoms with Gasteiger partial charge < -0.3 is 10.6 Å². The minimum absolute atomic E-state index is 0.0595. The van der Waals surface area contributed by atoms with Crippen molar-refractivity contribution in [1.82, 2.24) is 5.32 Å². The molecule has 1 spiro atoms. The fraction of sp³-hybridized carbons (Fsp3) is 0.167. The summed E-state index contributed by atoms with van der Waals surface area (Å²) in [6, 6.07) is 21.6. The Kier molecular flexibility index (Phi) is 6.24. The van der Waals surface area contributed by atoms with Gasteiger partial charge >= 0.3 is 0 Å². The number of benzene rings is 3. The summed E-state index contributed by atoms with van der Waals surface area (Å²) in [5.74, 6) is -0.171. The van der Waals surface area contributed by atoms with Crippen LogP contribution in [-0.4, -0.2) is 11.8 Å². The van der Waals surface area contributed by atoms with Gasteiger partial charge in [-0.05, 0) is 53.9 Å². The van der Waals surface area contributed by atoms with Crippen LogP contribution in [0, 0.1) is 0 Å². The van der Waals surface area contributed by atoms with Gasteiger partial charge in [0, 0.05) is 27.2 Å². The van der Waals surface area contributed by atoms with Crippen LogP contribution in [0.25, 0.3) is 0 Å². The van der Waals surface area contributed by atoms with Gasteiger partial charge in [0.1, 0.15) is 5.41 Å². The van der Waals surface area contributed by atoms with Gasteiger partial charge in [-0.25, -0.2) is 0 Å². The molecule has 2 aliphatic rings. The van der Waals surface area contributed by atoms with Crippen molar-refractivity contribution in [2.45, 2.75) is 24.3 Å². The summed E-state index contributed by atoms with van der Waals surface area (Å²) in [5, 5.41) is 7.89. The topological polar surface area (TPSA) is 58.2 Å². The number of fused-ring (bicyclic) bond motifs is 2. The van der Waals surface area contributed by atoms with Crippen LogP contribution in [-0.2, 0) is 15.0 Å². The van der Waals surface area contributed by atoms with Crippen molar-refractivity contribution in [3.8, 4) is 0 Å². The predicted octanol–water partition coefficient (Wildman–Crippen LogP) is 6.17. The smallest absolute Gasteiger partial charge is 0.237 e. The molecule has 1 saturated heterocycles. The molecule has 1 fully saturated rings. The Morgan fingerprint density at radius 1 is 0.806 bits per heavy atom. The number of halogens is 3. The Hall–Kier alpha value is -2.53. The molecular weight excluding hydrogens is 455 g/mol. The highest BCUT2D eigenvalue weighted by Gasteiger charge is 2.55. The molecule has 4 nitrogen and oxygen atoms in total. The van der Waals surface area contributed by atoms with Crippen molar-refractivity contribution in [1.29, 1.82) is 0 Å². The van der Waals surface area contributed by atoms with E-state index in [1.165, 1.54) is 0 Å². The average molecular weight is 474 g/mol. The average Bonchev–Trinajstić information content (AvgIpc) is 3.02. The maximum Gasteiger partial charge on any atom is 0.237 e. The summed E-state index contributed by atoms with van der Waals surface area (Å²) in [5.41, 5.74) is 1.60. The van der Waals surface area contributed by atoms with Crippen LogP contribution in [0.4, 0.5) is 5.69 Å². The van der Waals surface area contributed by atoms with E-state index in [9.17, 15) is 9.59 Å². The molecule has 2 amide bonds. The largest absolute Gasteiger partial charge is 0.348 e. The minimum atomic E-state index is -0.832. The zero-order valence-electron chi connectivity index (χ0n) is 16.4. The molecule has 2 N–H and O–H groups in total. The number of rotatable bonds is 1. The SMILES string of the molecule is Clc1ccccc1.O=C1CC[C@]2(C(=O)Nc3cc(Cl)ccc32)[C@@H](c2ccc(Cl)cc2)N1. The van der Waals surface area contributed by atoms with Gasteiger partial charge in [0.05, 0.1) is 6.04 Å². The third kappa shape index (κ3) is 4.29. The fourth-order valence-corrected chi connectivity index (χ4v) is 4.59. The first-order valence-electron chi connectivity index (χ1n) is 9.77. The van der Waals surface area contributed by atoms with E-state index in [0.717, 1.165) is 16.1 Å². The van der Waals surface area contributed by atoms with Gasteiger partial charge in [-0.3, -0.25) is 9.59 Å². The van der Waals surface area contributed by atoms with Crippen LogP contribution in [0.3, 0.4) is 0 Å². The van der Waals surface area contributed by atoms with Crippen LogP contribution in [0.2, 0.25) is 15.1 Å². The first-order chi connectivity index (χ1) is 14.9. The van der Waals surface area contributed by atoms with E-state index >= 15 is 0 Å². The predicted molar refractivity (Wildman–Crippen MR) is 125 cm³/mol. The van der Waals surface area contributed by atoms with E-state index in [0.29, 0.717) is 28.6 Å². The van der Waals surface area contributed by atoms with E-state index < -0.39 is 11.5 Å². The molecule has 0 unspecified atom stereocenters. The maximum atomic E-state index is 12.9. The number of piperidine rings is 1. The zero-order valence-corrected chi connectivity index (χ0v) is 18.6. The second kappa shape index (κ2) is 8.91. The van der Waals surface area contributed by atoms with E-state index in [-0.39, 0.29) is 11.8 Å². The minimum Gasteiger partial charge on any atom is -0.348 e. The third-order valence-corrected chi connectivity index (χ3v) is 6.34. The molecule has 7 heteroatoms. The molecule has 2 aliphatic heterocycles. The highest BCUT2D eigenvalue weighted by molar-refractivity contribution is 6.31. The third-order valence-electron chi connectivity index (χ3n) is 5.60. The van der Waals surface area contributed by atoms with Crippen LogP contribution < -0.4 is 10.6 Å². The Morgan fingerprint density at radius 3 is 2.10 bits per heavy atom. The lowest BCUT2D eigenvalue weighted by atomic mass is 9.67. The Balaban J connectivity index is 0.000000282. The Bertz CT molecular complexity index is 1120. The van der Waals surface area contributed by atoms with Gasteiger partial charge in [-0.2, -0.15) is 0 Å². The molecule has 3 aromatic rings. The maximum absolute atomic E-state index is 12.9. The van der Waals surface area contributed by atoms with Gasteiger partial charge in [0.2, 0.25) is 11.8 Å². The van der Waals surface area contributed by atoms with Crippen LogP contribution in [0.1, 0.15) is 30.0 Å². The lowest BCUT2D eigenvalue weighted by Crippen LogP contribution is -2.52. The van der Waals surface area contributed by atoms with Crippen LogP contribution in [0.15, 0.2) is 72.8 Å². The molecule has 158 valence electrons. The van der Waals surface area contributed by atoms with Crippen molar-refractivity contribution in [2.24, 2.45) is 0 Å². The number of hydrogen-bond acceptors (Lipinski definition) is 2. The molecule has 2 atom stereocenters. The number of anilines is 1. The van der Waals surface area contributed by atoms with Crippen molar-refractivity contribution in [3.63, 3.8) is 0 Å². The van der Waals surface area contributed by atoms with E-state index in [1.54, 1.807) is 24.3 Å². The summed E-state index contributed by atoms with van der Waals surface area (Å²) < 4.78 is 0. The standard InChI is InChI=1S/C18H14Cl2N2O2.C6H5Cl/c19-11-3-1-10(2-4-11)16-18(8-7-15(23)22-16)13-6-5-12(20)9-14(13)21-17(18)24;7-6-4-2-1-3-5-6/h1-6,9,16H,7-8H2,(H,21,24)(H,22,23);1-5H/t16-,18-;/m1./s1. The van der Waals surface area contributed by atoms with Gasteiger partial charge in [-0.15, -0.1) is 0 Å². The van der Waals surface area contributed by atoms with Crippen LogP contribution in [0.5, 0.6) is 0 Å². The highest BCUT2D eigenvalue weighted by Crippen LogP contribution is 2.51. The number of carbonyl (C=O) groups is 2. The summed E-state index contributed by atoms with van der Waals surface area (Å²) in [7, 11) is 0. The van der Waals surface area contributed by atoms with Crippen molar-refractivity contribution < 1.29 is 9.59 Å². The molecule has 0 aromatic heterocycles. The number of hydrogen-bond donors (Lipinski definition) is 2. The molecule has 0 saturated carbocycles. The summed E-state index contributed by atoms with van der Waals surface area (Å²) in [4.78, 5) is 25.0. The molecule has 3 aromatic carbocycles. The van der Waals surface area contributed by atoms with E-state index in [4.69, 9.17) is 34.8 Å². The Morgan fingerprint density at radius 2 is 1.45 bits per heavy atom. The Labute approximate surface area is 195 Å². The lowest BCUT2D eigenvalue weighted by molar-refractivity contribution is -0.130. The molecule has 0 bridgehead atoms. The number of nitrogens with one attached hydrogen (secondary N) is 2. The first kappa shape index (κ1) is 21.7. The van der Waals surface area contributed by atoms with Crippen molar-refractivity contribution >= 4 is 52.3 Å². The summed E-state index contributed by atoms with van der Waals surface area (Å²) >= 11 is 17.6. The molecule has 0 radical (unpaired) electrons. The normalized spacial score (nSPS) is 21.6. The summed E-state index contributed by atoms with van der Waals surface area (Å²) in [6.45, 7) is 0. The number of amides is 2. The van der Waals surface area contributed by atoms with Crippen LogP contribution >= 0.6 is 34.8 Å². The molecular formula is C24H19Cl3N2O2. The summed E-state index contributed by atoms with van der Waals surface area (Å²) in [6.07, 6.45) is 0.756. The van der Waals surface area contributed by atoms with Gasteiger partial charge in [-0.1, -0.05) is 71.2 Å². The second-order valence-corrected chi connectivity index (χ2v) is 8.77. The van der Waals surface area contributed by atoms with E-state index in [1.807, 2.05) is 48.5 Å². The van der Waals surface area contributed by atoms with Gasteiger partial charge in [0.25, 0.3) is 0 Å². The van der Waals surface area contributed by atoms with Crippen molar-refractivity contribution in [3.05, 3.63) is 99.0 Å². The van der Waals surface area contributed by atoms with E-state index in [2.05, 4.69) is 10.6 Å². The van der Waals surface area contributed by atoms with Crippen molar-refractivity contribution in [2.75, 3.05) is 5.32 Å².